The van der Waals surface area contributed by atoms with E-state index in [1.54, 1.807) is 31.4 Å². The molecule has 0 bridgehead atoms. The van der Waals surface area contributed by atoms with E-state index in [0.717, 1.165) is 23.3 Å². The van der Waals surface area contributed by atoms with Gasteiger partial charge >= 0.3 is 5.97 Å². The van der Waals surface area contributed by atoms with E-state index in [9.17, 15) is 9.59 Å². The molecular weight excluding hydrogens is 354 g/mol. The summed E-state index contributed by atoms with van der Waals surface area (Å²) in [7, 11) is 1.59. The summed E-state index contributed by atoms with van der Waals surface area (Å²) in [6, 6.07) is 15.3. The van der Waals surface area contributed by atoms with Gasteiger partial charge in [0.25, 0.3) is 5.91 Å². The maximum atomic E-state index is 12.3. The number of benzene rings is 2. The van der Waals surface area contributed by atoms with E-state index < -0.39 is 5.97 Å². The van der Waals surface area contributed by atoms with E-state index >= 15 is 0 Å². The Bertz CT molecular complexity index is 766. The van der Waals surface area contributed by atoms with Crippen LogP contribution in [0.1, 0.15) is 43.5 Å². The fourth-order valence-electron chi connectivity index (χ4n) is 2.92. The van der Waals surface area contributed by atoms with E-state index in [1.165, 1.54) is 5.56 Å². The van der Waals surface area contributed by atoms with Crippen LogP contribution < -0.4 is 10.1 Å². The summed E-state index contributed by atoms with van der Waals surface area (Å²) < 4.78 is 10.2. The van der Waals surface area contributed by atoms with Gasteiger partial charge in [-0.2, -0.15) is 0 Å². The van der Waals surface area contributed by atoms with Crippen LogP contribution >= 0.6 is 0 Å². The van der Waals surface area contributed by atoms with Crippen LogP contribution in [0.3, 0.4) is 0 Å². The van der Waals surface area contributed by atoms with Crippen molar-refractivity contribution in [2.45, 2.75) is 39.7 Å². The summed E-state index contributed by atoms with van der Waals surface area (Å²) in [6.45, 7) is 5.92. The van der Waals surface area contributed by atoms with Crippen LogP contribution in [0.2, 0.25) is 0 Å². The molecule has 0 aliphatic heterocycles. The lowest BCUT2D eigenvalue weighted by Crippen LogP contribution is -2.35. The summed E-state index contributed by atoms with van der Waals surface area (Å²) in [4.78, 5) is 24.3. The predicted molar refractivity (Wildman–Crippen MR) is 109 cm³/mol. The molecule has 2 aromatic carbocycles. The van der Waals surface area contributed by atoms with Crippen LogP contribution in [0.5, 0.6) is 5.75 Å². The number of rotatable bonds is 9. The molecule has 5 nitrogen and oxygen atoms in total. The number of aryl methyl sites for hydroxylation is 1. The molecule has 2 rings (SSSR count). The Balaban J connectivity index is 1.86. The molecule has 0 radical (unpaired) electrons. The lowest BCUT2D eigenvalue weighted by Gasteiger charge is -2.23. The molecule has 150 valence electrons. The second-order valence-electron chi connectivity index (χ2n) is 7.07. The van der Waals surface area contributed by atoms with Gasteiger partial charge in [-0.05, 0) is 41.2 Å². The Morgan fingerprint density at radius 3 is 2.11 bits per heavy atom. The molecule has 0 heterocycles. The minimum absolute atomic E-state index is 0.114. The molecule has 2 aromatic rings. The molecule has 0 saturated carbocycles. The summed E-state index contributed by atoms with van der Waals surface area (Å²) >= 11 is 0. The number of hydrogen-bond donors (Lipinski definition) is 1. The minimum Gasteiger partial charge on any atom is -0.497 e. The fourth-order valence-corrected chi connectivity index (χ4v) is 2.92. The van der Waals surface area contributed by atoms with Gasteiger partial charge in [0, 0.05) is 0 Å². The first-order chi connectivity index (χ1) is 13.4. The smallest absolute Gasteiger partial charge is 0.310 e. The number of methoxy groups -OCH3 is 1. The molecule has 0 saturated heterocycles. The number of ether oxygens (including phenoxy) is 2. The number of carbonyl (C=O) groups is 2. The lowest BCUT2D eigenvalue weighted by atomic mass is 9.95. The van der Waals surface area contributed by atoms with Gasteiger partial charge in [0.1, 0.15) is 5.75 Å². The SMILES string of the molecule is CCc1ccc([C@@H](NC(=O)COC(=O)Cc2ccc(OC)cc2)C(C)C)cc1. The van der Waals surface area contributed by atoms with E-state index in [0.29, 0.717) is 0 Å². The van der Waals surface area contributed by atoms with Crippen molar-refractivity contribution < 1.29 is 19.1 Å². The number of hydrogen-bond acceptors (Lipinski definition) is 4. The Morgan fingerprint density at radius 2 is 1.57 bits per heavy atom. The number of carbonyl (C=O) groups excluding carboxylic acids is 2. The second kappa shape index (κ2) is 10.5. The molecule has 0 unspecified atom stereocenters. The molecule has 0 aliphatic carbocycles. The Labute approximate surface area is 167 Å². The van der Waals surface area contributed by atoms with Gasteiger partial charge in [-0.3, -0.25) is 9.59 Å². The molecule has 1 atom stereocenters. The maximum absolute atomic E-state index is 12.3. The largest absolute Gasteiger partial charge is 0.497 e. The van der Waals surface area contributed by atoms with E-state index in [2.05, 4.69) is 24.4 Å². The Morgan fingerprint density at radius 1 is 0.964 bits per heavy atom. The normalized spacial score (nSPS) is 11.8. The molecule has 0 fully saturated rings. The second-order valence-corrected chi connectivity index (χ2v) is 7.07. The third-order valence-electron chi connectivity index (χ3n) is 4.60. The Kier molecular flexibility index (Phi) is 8.05. The summed E-state index contributed by atoms with van der Waals surface area (Å²) in [5.41, 5.74) is 3.11. The summed E-state index contributed by atoms with van der Waals surface area (Å²) in [6.07, 6.45) is 1.09. The highest BCUT2D eigenvalue weighted by Gasteiger charge is 2.19. The topological polar surface area (TPSA) is 64.6 Å². The van der Waals surface area contributed by atoms with Gasteiger partial charge in [-0.1, -0.05) is 57.2 Å². The van der Waals surface area contributed by atoms with Gasteiger partial charge in [-0.25, -0.2) is 0 Å². The van der Waals surface area contributed by atoms with Gasteiger partial charge in [0.2, 0.25) is 0 Å². The van der Waals surface area contributed by atoms with Crippen molar-refractivity contribution in [1.29, 1.82) is 0 Å². The number of amides is 1. The quantitative estimate of drug-likeness (QED) is 0.668. The van der Waals surface area contributed by atoms with Crippen LogP contribution in [0.15, 0.2) is 48.5 Å². The molecule has 1 amide bonds. The third kappa shape index (κ3) is 6.41. The van der Waals surface area contributed by atoms with Crippen molar-refractivity contribution in [1.82, 2.24) is 5.32 Å². The first-order valence-electron chi connectivity index (χ1n) is 9.59. The average molecular weight is 383 g/mol. The van der Waals surface area contributed by atoms with Crippen LogP contribution in [-0.2, 0) is 27.2 Å². The van der Waals surface area contributed by atoms with Gasteiger partial charge in [0.15, 0.2) is 6.61 Å². The van der Waals surface area contributed by atoms with Crippen molar-refractivity contribution in [2.75, 3.05) is 13.7 Å². The van der Waals surface area contributed by atoms with Crippen LogP contribution in [0.4, 0.5) is 0 Å². The molecule has 0 aliphatic rings. The highest BCUT2D eigenvalue weighted by atomic mass is 16.5. The average Bonchev–Trinajstić information content (AvgIpc) is 2.71. The zero-order chi connectivity index (χ0) is 20.5. The molecule has 1 N–H and O–H groups in total. The van der Waals surface area contributed by atoms with E-state index in [-0.39, 0.29) is 30.9 Å². The van der Waals surface area contributed by atoms with Crippen molar-refractivity contribution in [3.8, 4) is 5.75 Å². The van der Waals surface area contributed by atoms with Crippen molar-refractivity contribution in [3.05, 3.63) is 65.2 Å². The molecule has 0 spiro atoms. The van der Waals surface area contributed by atoms with Gasteiger partial charge in [-0.15, -0.1) is 0 Å². The van der Waals surface area contributed by atoms with Crippen molar-refractivity contribution in [3.63, 3.8) is 0 Å². The minimum atomic E-state index is -0.436. The molecular formula is C23H29NO4. The summed E-state index contributed by atoms with van der Waals surface area (Å²) in [5, 5.41) is 2.97. The van der Waals surface area contributed by atoms with E-state index in [1.807, 2.05) is 26.0 Å². The summed E-state index contributed by atoms with van der Waals surface area (Å²) in [5.74, 6) is 0.199. The number of esters is 1. The highest BCUT2D eigenvalue weighted by molar-refractivity contribution is 5.81. The monoisotopic (exact) mass is 383 g/mol. The first kappa shape index (κ1) is 21.5. The van der Waals surface area contributed by atoms with Crippen molar-refractivity contribution in [2.24, 2.45) is 5.92 Å². The van der Waals surface area contributed by atoms with Crippen LogP contribution in [0.25, 0.3) is 0 Å². The van der Waals surface area contributed by atoms with E-state index in [4.69, 9.17) is 9.47 Å². The highest BCUT2D eigenvalue weighted by Crippen LogP contribution is 2.22. The third-order valence-corrected chi connectivity index (χ3v) is 4.60. The lowest BCUT2D eigenvalue weighted by molar-refractivity contribution is -0.148. The van der Waals surface area contributed by atoms with Crippen LogP contribution in [0, 0.1) is 5.92 Å². The molecule has 28 heavy (non-hydrogen) atoms. The van der Waals surface area contributed by atoms with Crippen LogP contribution in [-0.4, -0.2) is 25.6 Å². The van der Waals surface area contributed by atoms with Gasteiger partial charge < -0.3 is 14.8 Å². The molecule has 5 heteroatoms. The zero-order valence-corrected chi connectivity index (χ0v) is 17.0. The fraction of sp³-hybridized carbons (Fsp3) is 0.391. The predicted octanol–water partition coefficient (Wildman–Crippen LogP) is 3.86. The standard InChI is InChI=1S/C23H29NO4/c1-5-17-6-10-19(11-7-17)23(16(2)3)24-21(25)15-28-22(26)14-18-8-12-20(27-4)13-9-18/h6-13,16,23H,5,14-15H2,1-4H3,(H,24,25)/t23-/m0/s1. The van der Waals surface area contributed by atoms with Crippen molar-refractivity contribution >= 4 is 11.9 Å². The Hall–Kier alpha value is -2.82. The first-order valence-corrected chi connectivity index (χ1v) is 9.59. The maximum Gasteiger partial charge on any atom is 0.310 e. The zero-order valence-electron chi connectivity index (χ0n) is 17.0. The number of nitrogens with one attached hydrogen (secondary N) is 1. The molecule has 0 aromatic heterocycles. The van der Waals surface area contributed by atoms with Gasteiger partial charge in [0.05, 0.1) is 19.6 Å².